The maximum Gasteiger partial charge on any atom is 0.324 e. The first-order chi connectivity index (χ1) is 9.12. The van der Waals surface area contributed by atoms with Gasteiger partial charge in [-0.05, 0) is 32.0 Å². The second-order valence-corrected chi connectivity index (χ2v) is 6.50. The Hall–Kier alpha value is -2.13. The summed E-state index contributed by atoms with van der Waals surface area (Å²) in [6, 6.07) is 3.97. The van der Waals surface area contributed by atoms with E-state index in [2.05, 4.69) is 14.7 Å². The highest BCUT2D eigenvalue weighted by atomic mass is 32.2. The van der Waals surface area contributed by atoms with Crippen LogP contribution in [0.5, 0.6) is 0 Å². The molecule has 1 aromatic carbocycles. The van der Waals surface area contributed by atoms with Crippen molar-refractivity contribution in [2.75, 3.05) is 0 Å². The van der Waals surface area contributed by atoms with Gasteiger partial charge in [-0.15, -0.1) is 0 Å². The molecular weight excluding hydrogens is 286 g/mol. The van der Waals surface area contributed by atoms with Crippen LogP contribution in [0, 0.1) is 0 Å². The number of carbonyl (C=O) groups is 1. The minimum Gasteiger partial charge on any atom is -0.480 e. The number of aliphatic carboxylic acids is 1. The van der Waals surface area contributed by atoms with E-state index in [-0.39, 0.29) is 4.90 Å². The van der Waals surface area contributed by atoms with Crippen molar-refractivity contribution >= 4 is 27.0 Å². The Labute approximate surface area is 113 Å². The van der Waals surface area contributed by atoms with E-state index in [0.717, 1.165) is 0 Å². The van der Waals surface area contributed by atoms with E-state index in [4.69, 9.17) is 5.11 Å². The van der Waals surface area contributed by atoms with Gasteiger partial charge >= 0.3 is 11.7 Å². The first-order valence-corrected chi connectivity index (χ1v) is 7.09. The first-order valence-electron chi connectivity index (χ1n) is 5.61. The standard InChI is InChI=1S/C11H13N3O5S/c1-11(2,9(15)16)14-20(18,19)6-3-4-7-8(5-6)13-10(17)12-7/h3-5,14H,1-2H3,(H,15,16)(H2,12,13,17). The molecule has 0 bridgehead atoms. The van der Waals surface area contributed by atoms with Crippen LogP contribution in [0.25, 0.3) is 11.0 Å². The second kappa shape index (κ2) is 4.46. The molecular formula is C11H13N3O5S. The van der Waals surface area contributed by atoms with Crippen molar-refractivity contribution in [2.45, 2.75) is 24.3 Å². The largest absolute Gasteiger partial charge is 0.480 e. The smallest absolute Gasteiger partial charge is 0.324 e. The van der Waals surface area contributed by atoms with Gasteiger partial charge in [0.05, 0.1) is 15.9 Å². The van der Waals surface area contributed by atoms with Gasteiger partial charge in [0.25, 0.3) is 0 Å². The number of carboxylic acid groups (broad SMARTS) is 1. The third-order valence-corrected chi connectivity index (χ3v) is 4.38. The van der Waals surface area contributed by atoms with Crippen molar-refractivity contribution in [2.24, 2.45) is 0 Å². The number of hydrogen-bond donors (Lipinski definition) is 4. The Bertz CT molecular complexity index is 831. The molecule has 108 valence electrons. The summed E-state index contributed by atoms with van der Waals surface area (Å²) in [4.78, 5) is 26.9. The number of fused-ring (bicyclic) bond motifs is 1. The van der Waals surface area contributed by atoms with Gasteiger partial charge in [0.15, 0.2) is 0 Å². The number of nitrogens with one attached hydrogen (secondary N) is 3. The number of sulfonamides is 1. The average molecular weight is 299 g/mol. The van der Waals surface area contributed by atoms with Crippen molar-refractivity contribution < 1.29 is 18.3 Å². The number of imidazole rings is 1. The van der Waals surface area contributed by atoms with Gasteiger partial charge in [-0.2, -0.15) is 4.72 Å². The second-order valence-electron chi connectivity index (χ2n) is 4.82. The molecule has 0 radical (unpaired) electrons. The molecule has 4 N–H and O–H groups in total. The summed E-state index contributed by atoms with van der Waals surface area (Å²) in [6.07, 6.45) is 0. The van der Waals surface area contributed by atoms with Crippen molar-refractivity contribution in [1.82, 2.24) is 14.7 Å². The minimum absolute atomic E-state index is 0.130. The van der Waals surface area contributed by atoms with Crippen molar-refractivity contribution in [3.63, 3.8) is 0 Å². The van der Waals surface area contributed by atoms with Crippen LogP contribution in [0.2, 0.25) is 0 Å². The molecule has 0 aliphatic carbocycles. The summed E-state index contributed by atoms with van der Waals surface area (Å²) >= 11 is 0. The maximum atomic E-state index is 12.1. The van der Waals surface area contributed by atoms with Crippen molar-refractivity contribution in [3.05, 3.63) is 28.7 Å². The zero-order chi connectivity index (χ0) is 15.1. The average Bonchev–Trinajstić information content (AvgIpc) is 2.66. The number of hydrogen-bond acceptors (Lipinski definition) is 4. The van der Waals surface area contributed by atoms with Crippen LogP contribution in [0.4, 0.5) is 0 Å². The van der Waals surface area contributed by atoms with E-state index in [9.17, 15) is 18.0 Å². The van der Waals surface area contributed by atoms with E-state index in [1.54, 1.807) is 0 Å². The Morgan fingerprint density at radius 2 is 1.85 bits per heavy atom. The molecule has 0 amide bonds. The molecule has 0 aliphatic rings. The van der Waals surface area contributed by atoms with Crippen molar-refractivity contribution in [1.29, 1.82) is 0 Å². The van der Waals surface area contributed by atoms with E-state index >= 15 is 0 Å². The zero-order valence-electron chi connectivity index (χ0n) is 10.7. The molecule has 0 aliphatic heterocycles. The summed E-state index contributed by atoms with van der Waals surface area (Å²) in [5.41, 5.74) is -1.30. The van der Waals surface area contributed by atoms with Crippen LogP contribution < -0.4 is 10.4 Å². The summed E-state index contributed by atoms with van der Waals surface area (Å²) in [6.45, 7) is 2.48. The topological polar surface area (TPSA) is 132 Å². The lowest BCUT2D eigenvalue weighted by molar-refractivity contribution is -0.142. The SMILES string of the molecule is CC(C)(NS(=O)(=O)c1ccc2[nH]c(=O)[nH]c2c1)C(=O)O. The molecule has 2 rings (SSSR count). The third kappa shape index (κ3) is 2.58. The molecule has 0 saturated heterocycles. The van der Waals surface area contributed by atoms with Crippen LogP contribution in [0.3, 0.4) is 0 Å². The van der Waals surface area contributed by atoms with E-state index in [1.165, 1.54) is 32.0 Å². The molecule has 0 atom stereocenters. The Morgan fingerprint density at radius 1 is 1.25 bits per heavy atom. The first kappa shape index (κ1) is 14.3. The van der Waals surface area contributed by atoms with Gasteiger partial charge in [-0.1, -0.05) is 0 Å². The van der Waals surface area contributed by atoms with Gasteiger partial charge in [0.2, 0.25) is 10.0 Å². The molecule has 0 saturated carbocycles. The molecule has 20 heavy (non-hydrogen) atoms. The van der Waals surface area contributed by atoms with E-state index < -0.39 is 27.2 Å². The van der Waals surface area contributed by atoms with Crippen LogP contribution in [0.1, 0.15) is 13.8 Å². The lowest BCUT2D eigenvalue weighted by Gasteiger charge is -2.20. The molecule has 9 heteroatoms. The van der Waals surface area contributed by atoms with Crippen LogP contribution in [-0.4, -0.2) is 35.0 Å². The highest BCUT2D eigenvalue weighted by Gasteiger charge is 2.33. The van der Waals surface area contributed by atoms with E-state index in [1.807, 2.05) is 0 Å². The van der Waals surface area contributed by atoms with Gasteiger partial charge in [-0.3, -0.25) is 4.79 Å². The van der Waals surface area contributed by atoms with Crippen LogP contribution >= 0.6 is 0 Å². The predicted octanol–water partition coefficient (Wildman–Crippen LogP) is -0.00230. The van der Waals surface area contributed by atoms with Gasteiger partial charge in [-0.25, -0.2) is 13.2 Å². The van der Waals surface area contributed by atoms with Gasteiger partial charge in [0.1, 0.15) is 5.54 Å². The van der Waals surface area contributed by atoms with Crippen LogP contribution in [0.15, 0.2) is 27.9 Å². The minimum atomic E-state index is -4.01. The molecule has 0 fully saturated rings. The number of rotatable bonds is 4. The molecule has 8 nitrogen and oxygen atoms in total. The summed E-state index contributed by atoms with van der Waals surface area (Å²) < 4.78 is 26.3. The van der Waals surface area contributed by atoms with Crippen LogP contribution in [-0.2, 0) is 14.8 Å². The molecule has 0 unspecified atom stereocenters. The Balaban J connectivity index is 2.46. The molecule has 1 aromatic heterocycles. The summed E-state index contributed by atoms with van der Waals surface area (Å²) in [7, 11) is -4.01. The lowest BCUT2D eigenvalue weighted by atomic mass is 10.1. The lowest BCUT2D eigenvalue weighted by Crippen LogP contribution is -2.49. The fourth-order valence-corrected chi connectivity index (χ4v) is 3.01. The zero-order valence-corrected chi connectivity index (χ0v) is 11.5. The number of aromatic nitrogens is 2. The number of carboxylic acids is 1. The summed E-state index contributed by atoms with van der Waals surface area (Å²) in [5.74, 6) is -1.29. The molecule has 1 heterocycles. The van der Waals surface area contributed by atoms with Gasteiger partial charge < -0.3 is 15.1 Å². The monoisotopic (exact) mass is 299 g/mol. The number of aromatic amines is 2. The van der Waals surface area contributed by atoms with E-state index in [0.29, 0.717) is 11.0 Å². The Kier molecular flexibility index (Phi) is 3.18. The number of H-pyrrole nitrogens is 2. The maximum absolute atomic E-state index is 12.1. The Morgan fingerprint density at radius 3 is 2.45 bits per heavy atom. The molecule has 2 aromatic rings. The van der Waals surface area contributed by atoms with Crippen molar-refractivity contribution in [3.8, 4) is 0 Å². The predicted molar refractivity (Wildman–Crippen MR) is 71.0 cm³/mol. The third-order valence-electron chi connectivity index (χ3n) is 2.72. The number of benzene rings is 1. The molecule has 0 spiro atoms. The highest BCUT2D eigenvalue weighted by Crippen LogP contribution is 2.17. The fourth-order valence-electron chi connectivity index (χ4n) is 1.62. The fraction of sp³-hybridized carbons (Fsp3) is 0.273. The normalized spacial score (nSPS) is 12.7. The van der Waals surface area contributed by atoms with Gasteiger partial charge in [0, 0.05) is 0 Å². The quantitative estimate of drug-likeness (QED) is 0.630. The highest BCUT2D eigenvalue weighted by molar-refractivity contribution is 7.89. The summed E-state index contributed by atoms with van der Waals surface area (Å²) in [5, 5.41) is 8.95.